The summed E-state index contributed by atoms with van der Waals surface area (Å²) in [4.78, 5) is 0. The van der Waals surface area contributed by atoms with Crippen LogP contribution in [0.3, 0.4) is 0 Å². The van der Waals surface area contributed by atoms with Crippen LogP contribution < -0.4 is 0 Å². The van der Waals surface area contributed by atoms with Crippen molar-refractivity contribution in [3.05, 3.63) is 46.5 Å². The Balaban J connectivity index is 2.69. The summed E-state index contributed by atoms with van der Waals surface area (Å²) < 4.78 is 0. The minimum absolute atomic E-state index is 0.301. The summed E-state index contributed by atoms with van der Waals surface area (Å²) >= 11 is 0. The van der Waals surface area contributed by atoms with E-state index in [1.165, 1.54) is 11.1 Å². The first-order valence-electron chi connectivity index (χ1n) is 10.2. The molecule has 2 aromatic carbocycles. The molecule has 2 rings (SSSR count). The Bertz CT molecular complexity index is 668. The lowest BCUT2D eigenvalue weighted by atomic mass is 9.87. The van der Waals surface area contributed by atoms with Gasteiger partial charge >= 0.3 is 0 Å². The first-order chi connectivity index (χ1) is 12.5. The van der Waals surface area contributed by atoms with Crippen molar-refractivity contribution in [2.24, 2.45) is 0 Å². The van der Waals surface area contributed by atoms with E-state index in [-0.39, 0.29) is 0 Å². The average molecular weight is 355 g/mol. The van der Waals surface area contributed by atoms with Crippen LogP contribution in [0.5, 0.6) is 11.5 Å². The van der Waals surface area contributed by atoms with Crippen LogP contribution in [-0.2, 0) is 25.7 Å². The molecular weight excluding hydrogens is 320 g/mol. The number of benzene rings is 2. The number of rotatable bonds is 9. The number of phenolic OH excluding ortho intramolecular Hbond substituents is 2. The number of aryl methyl sites for hydroxylation is 4. The van der Waals surface area contributed by atoms with Crippen molar-refractivity contribution in [1.29, 1.82) is 0 Å². The summed E-state index contributed by atoms with van der Waals surface area (Å²) in [6, 6.07) is 8.20. The van der Waals surface area contributed by atoms with Gasteiger partial charge in [-0.1, -0.05) is 65.5 Å². The highest BCUT2D eigenvalue weighted by Gasteiger charge is 2.19. The van der Waals surface area contributed by atoms with Gasteiger partial charge in [0.15, 0.2) is 0 Å². The summed E-state index contributed by atoms with van der Waals surface area (Å²) in [6.07, 6.45) is 7.89. The van der Waals surface area contributed by atoms with Crippen LogP contribution in [-0.4, -0.2) is 10.2 Å². The topological polar surface area (TPSA) is 40.5 Å². The monoisotopic (exact) mass is 354 g/mol. The maximum atomic E-state index is 10.9. The van der Waals surface area contributed by atoms with Crippen molar-refractivity contribution in [3.8, 4) is 22.6 Å². The van der Waals surface area contributed by atoms with E-state index < -0.39 is 0 Å². The lowest BCUT2D eigenvalue weighted by Gasteiger charge is -2.19. The summed E-state index contributed by atoms with van der Waals surface area (Å²) in [5.41, 5.74) is 6.30. The minimum Gasteiger partial charge on any atom is -0.507 e. The third kappa shape index (κ3) is 4.60. The molecule has 2 heteroatoms. The molecule has 0 aliphatic carbocycles. The van der Waals surface area contributed by atoms with Gasteiger partial charge in [-0.05, 0) is 60.1 Å². The third-order valence-corrected chi connectivity index (χ3v) is 4.88. The fourth-order valence-electron chi connectivity index (χ4n) is 3.88. The van der Waals surface area contributed by atoms with Gasteiger partial charge < -0.3 is 10.2 Å². The molecule has 0 aromatic heterocycles. The van der Waals surface area contributed by atoms with E-state index in [1.54, 1.807) is 0 Å². The van der Waals surface area contributed by atoms with Gasteiger partial charge in [0, 0.05) is 11.1 Å². The Labute approximate surface area is 158 Å². The van der Waals surface area contributed by atoms with Crippen molar-refractivity contribution >= 4 is 0 Å². The normalized spacial score (nSPS) is 11.1. The standard InChI is InChI=1S/C24H34O2/c1-5-9-17-13-19(11-7-3)23(21(25)15-17)24-20(12-8-4)14-18(10-6-2)16-22(24)26/h13-16,25-26H,5-12H2,1-4H3. The highest BCUT2D eigenvalue weighted by atomic mass is 16.3. The van der Waals surface area contributed by atoms with Gasteiger partial charge in [-0.15, -0.1) is 0 Å². The molecule has 0 saturated heterocycles. The van der Waals surface area contributed by atoms with Crippen LogP contribution in [0.1, 0.15) is 75.6 Å². The Hall–Kier alpha value is -1.96. The van der Waals surface area contributed by atoms with Gasteiger partial charge in [0.1, 0.15) is 11.5 Å². The van der Waals surface area contributed by atoms with Crippen LogP contribution >= 0.6 is 0 Å². The number of hydrogen-bond acceptors (Lipinski definition) is 2. The molecule has 0 amide bonds. The quantitative estimate of drug-likeness (QED) is 0.534. The van der Waals surface area contributed by atoms with Crippen LogP contribution in [0.4, 0.5) is 0 Å². The lowest BCUT2D eigenvalue weighted by molar-refractivity contribution is 0.467. The molecule has 0 saturated carbocycles. The van der Waals surface area contributed by atoms with Gasteiger partial charge in [-0.3, -0.25) is 0 Å². The Kier molecular flexibility index (Phi) is 7.56. The molecule has 0 unspecified atom stereocenters. The maximum absolute atomic E-state index is 10.9. The second kappa shape index (κ2) is 9.66. The molecule has 142 valence electrons. The molecule has 0 aliphatic rings. The molecule has 0 spiro atoms. The largest absolute Gasteiger partial charge is 0.507 e. The molecule has 0 fully saturated rings. The first-order valence-corrected chi connectivity index (χ1v) is 10.2. The van der Waals surface area contributed by atoms with E-state index in [9.17, 15) is 10.2 Å². The van der Waals surface area contributed by atoms with Crippen LogP contribution in [0.25, 0.3) is 11.1 Å². The first kappa shape index (κ1) is 20.4. The van der Waals surface area contributed by atoms with E-state index in [4.69, 9.17) is 0 Å². The Morgan fingerprint density at radius 1 is 0.538 bits per heavy atom. The lowest BCUT2D eigenvalue weighted by Crippen LogP contribution is -1.99. The Morgan fingerprint density at radius 2 is 0.885 bits per heavy atom. The van der Waals surface area contributed by atoms with E-state index in [1.807, 2.05) is 12.1 Å². The molecule has 0 heterocycles. The number of aromatic hydroxyl groups is 2. The highest BCUT2D eigenvalue weighted by Crippen LogP contribution is 2.43. The molecule has 2 N–H and O–H groups in total. The molecule has 0 atom stereocenters. The molecule has 0 aliphatic heterocycles. The van der Waals surface area contributed by atoms with Gasteiger partial charge in [-0.2, -0.15) is 0 Å². The fourth-order valence-corrected chi connectivity index (χ4v) is 3.88. The smallest absolute Gasteiger partial charge is 0.124 e. The van der Waals surface area contributed by atoms with Crippen LogP contribution in [0.2, 0.25) is 0 Å². The van der Waals surface area contributed by atoms with Gasteiger partial charge in [0.05, 0.1) is 0 Å². The molecular formula is C24H34O2. The van der Waals surface area contributed by atoms with Crippen molar-refractivity contribution in [3.63, 3.8) is 0 Å². The van der Waals surface area contributed by atoms with E-state index in [0.29, 0.717) is 11.5 Å². The average Bonchev–Trinajstić information content (AvgIpc) is 2.57. The second-order valence-corrected chi connectivity index (χ2v) is 7.30. The van der Waals surface area contributed by atoms with Crippen LogP contribution in [0, 0.1) is 0 Å². The van der Waals surface area contributed by atoms with Gasteiger partial charge in [0.25, 0.3) is 0 Å². The van der Waals surface area contributed by atoms with Gasteiger partial charge in [0.2, 0.25) is 0 Å². The zero-order chi connectivity index (χ0) is 19.1. The molecule has 0 bridgehead atoms. The third-order valence-electron chi connectivity index (χ3n) is 4.88. The SMILES string of the molecule is CCCc1cc(O)c(-c2c(O)cc(CCC)cc2CCC)c(CCC)c1. The highest BCUT2D eigenvalue weighted by molar-refractivity contribution is 5.82. The number of phenols is 2. The zero-order valence-electron chi connectivity index (χ0n) is 16.9. The predicted molar refractivity (Wildman–Crippen MR) is 111 cm³/mol. The molecule has 0 radical (unpaired) electrons. The summed E-state index contributed by atoms with van der Waals surface area (Å²) in [5, 5.41) is 21.7. The zero-order valence-corrected chi connectivity index (χ0v) is 16.9. The van der Waals surface area contributed by atoms with Crippen molar-refractivity contribution < 1.29 is 10.2 Å². The molecule has 2 nitrogen and oxygen atoms in total. The van der Waals surface area contributed by atoms with E-state index in [0.717, 1.165) is 73.6 Å². The fraction of sp³-hybridized carbons (Fsp3) is 0.500. The molecule has 26 heavy (non-hydrogen) atoms. The van der Waals surface area contributed by atoms with Crippen molar-refractivity contribution in [2.45, 2.75) is 79.1 Å². The van der Waals surface area contributed by atoms with Crippen molar-refractivity contribution in [2.75, 3.05) is 0 Å². The second-order valence-electron chi connectivity index (χ2n) is 7.30. The van der Waals surface area contributed by atoms with Gasteiger partial charge in [-0.25, -0.2) is 0 Å². The maximum Gasteiger partial charge on any atom is 0.124 e. The number of hydrogen-bond donors (Lipinski definition) is 2. The summed E-state index contributed by atoms with van der Waals surface area (Å²) in [5.74, 6) is 0.602. The summed E-state index contributed by atoms with van der Waals surface area (Å²) in [6.45, 7) is 8.62. The van der Waals surface area contributed by atoms with Crippen molar-refractivity contribution in [1.82, 2.24) is 0 Å². The van der Waals surface area contributed by atoms with E-state index in [2.05, 4.69) is 39.8 Å². The predicted octanol–water partition coefficient (Wildman–Crippen LogP) is 6.57. The summed E-state index contributed by atoms with van der Waals surface area (Å²) in [7, 11) is 0. The molecule has 2 aromatic rings. The van der Waals surface area contributed by atoms with Crippen LogP contribution in [0.15, 0.2) is 24.3 Å². The minimum atomic E-state index is 0.301. The Morgan fingerprint density at radius 3 is 1.19 bits per heavy atom. The van der Waals surface area contributed by atoms with E-state index >= 15 is 0 Å².